The van der Waals surface area contributed by atoms with E-state index >= 15 is 0 Å². The van der Waals surface area contributed by atoms with Crippen LogP contribution in [-0.2, 0) is 9.59 Å². The maximum atomic E-state index is 11.3. The normalized spacial score (nSPS) is 9.81. The van der Waals surface area contributed by atoms with E-state index < -0.39 is 5.97 Å². The van der Waals surface area contributed by atoms with E-state index in [0.717, 1.165) is 11.8 Å². The zero-order chi connectivity index (χ0) is 12.0. The van der Waals surface area contributed by atoms with Gasteiger partial charge in [-0.15, -0.1) is 11.8 Å². The monoisotopic (exact) mass is 260 g/mol. The minimum Gasteiger partial charge on any atom is -0.481 e. The lowest BCUT2D eigenvalue weighted by Crippen LogP contribution is -2.16. The number of nitrogens with zero attached hydrogens (tertiary/aromatic N) is 1. The zero-order valence-electron chi connectivity index (χ0n) is 8.14. The number of amides is 1. The van der Waals surface area contributed by atoms with Crippen molar-refractivity contribution in [2.45, 2.75) is 0 Å². The largest absolute Gasteiger partial charge is 0.481 e. The summed E-state index contributed by atoms with van der Waals surface area (Å²) in [6.07, 6.45) is 1.47. The number of carbonyl (C=O) groups is 2. The first kappa shape index (κ1) is 12.8. The van der Waals surface area contributed by atoms with E-state index in [4.69, 9.17) is 16.7 Å². The topological polar surface area (TPSA) is 79.3 Å². The second-order valence-electron chi connectivity index (χ2n) is 2.79. The van der Waals surface area contributed by atoms with Gasteiger partial charge in [0.2, 0.25) is 5.91 Å². The van der Waals surface area contributed by atoms with Crippen LogP contribution in [0.2, 0.25) is 5.02 Å². The number of carbonyl (C=O) groups excluding carboxylic acids is 1. The molecule has 0 aliphatic heterocycles. The van der Waals surface area contributed by atoms with Gasteiger partial charge in [0, 0.05) is 11.2 Å². The van der Waals surface area contributed by atoms with Crippen molar-refractivity contribution in [1.29, 1.82) is 0 Å². The third-order valence-electron chi connectivity index (χ3n) is 1.45. The molecule has 86 valence electrons. The molecule has 7 heteroatoms. The summed E-state index contributed by atoms with van der Waals surface area (Å²) in [5, 5.41) is 11.4. The number of carboxylic acid groups (broad SMARTS) is 1. The molecule has 1 heterocycles. The highest BCUT2D eigenvalue weighted by Gasteiger charge is 2.05. The van der Waals surface area contributed by atoms with Crippen LogP contribution in [0.1, 0.15) is 0 Å². The van der Waals surface area contributed by atoms with Crippen LogP contribution in [0.15, 0.2) is 18.3 Å². The van der Waals surface area contributed by atoms with E-state index in [1.165, 1.54) is 12.3 Å². The number of rotatable bonds is 5. The number of hydrogen-bond acceptors (Lipinski definition) is 4. The van der Waals surface area contributed by atoms with Crippen molar-refractivity contribution in [2.75, 3.05) is 16.8 Å². The maximum absolute atomic E-state index is 11.3. The van der Waals surface area contributed by atoms with Crippen molar-refractivity contribution in [1.82, 2.24) is 4.98 Å². The van der Waals surface area contributed by atoms with Crippen LogP contribution < -0.4 is 5.32 Å². The van der Waals surface area contributed by atoms with E-state index in [1.807, 2.05) is 0 Å². The van der Waals surface area contributed by atoms with Crippen LogP contribution in [0.5, 0.6) is 0 Å². The number of pyridine rings is 1. The zero-order valence-corrected chi connectivity index (χ0v) is 9.72. The first-order valence-electron chi connectivity index (χ1n) is 4.29. The fourth-order valence-corrected chi connectivity index (χ4v) is 1.58. The summed E-state index contributed by atoms with van der Waals surface area (Å²) in [6, 6.07) is 3.11. The van der Waals surface area contributed by atoms with Gasteiger partial charge in [-0.1, -0.05) is 11.6 Å². The second-order valence-corrected chi connectivity index (χ2v) is 4.22. The van der Waals surface area contributed by atoms with Crippen molar-refractivity contribution in [3.63, 3.8) is 0 Å². The Morgan fingerprint density at radius 2 is 2.25 bits per heavy atom. The number of aliphatic carboxylic acids is 1. The minimum atomic E-state index is -0.946. The number of anilines is 1. The number of thioether (sulfide) groups is 1. The molecule has 0 saturated carbocycles. The average Bonchev–Trinajstić information content (AvgIpc) is 2.16. The van der Waals surface area contributed by atoms with E-state index in [1.54, 1.807) is 6.07 Å². The molecule has 1 aromatic rings. The molecule has 0 unspecified atom stereocenters. The predicted molar refractivity (Wildman–Crippen MR) is 62.8 cm³/mol. The minimum absolute atomic E-state index is 0.0699. The smallest absolute Gasteiger partial charge is 0.313 e. The lowest BCUT2D eigenvalue weighted by atomic mass is 10.4. The molecule has 0 radical (unpaired) electrons. The highest BCUT2D eigenvalue weighted by atomic mass is 35.5. The number of carboxylic acids is 1. The lowest BCUT2D eigenvalue weighted by Gasteiger charge is -2.03. The summed E-state index contributed by atoms with van der Waals surface area (Å²) >= 11 is 6.72. The molecule has 0 saturated heterocycles. The Kier molecular flexibility index (Phi) is 5.07. The standard InChI is InChI=1S/C9H9ClN2O3S/c10-6-1-2-11-7(3-6)12-8(13)4-16-5-9(14)15/h1-3H,4-5H2,(H,14,15)(H,11,12,13). The Balaban J connectivity index is 2.37. The fraction of sp³-hybridized carbons (Fsp3) is 0.222. The van der Waals surface area contributed by atoms with Crippen molar-refractivity contribution < 1.29 is 14.7 Å². The van der Waals surface area contributed by atoms with Crippen LogP contribution >= 0.6 is 23.4 Å². The molecule has 1 aromatic heterocycles. The SMILES string of the molecule is O=C(O)CSCC(=O)Nc1cc(Cl)ccn1. The molecule has 0 aliphatic rings. The van der Waals surface area contributed by atoms with E-state index in [0.29, 0.717) is 10.8 Å². The van der Waals surface area contributed by atoms with Gasteiger partial charge in [0.15, 0.2) is 0 Å². The number of aromatic nitrogens is 1. The van der Waals surface area contributed by atoms with E-state index in [-0.39, 0.29) is 17.4 Å². The molecule has 0 aromatic carbocycles. The molecule has 0 bridgehead atoms. The molecular formula is C9H9ClN2O3S. The Morgan fingerprint density at radius 3 is 2.88 bits per heavy atom. The number of halogens is 1. The van der Waals surface area contributed by atoms with Crippen molar-refractivity contribution in [3.05, 3.63) is 23.4 Å². The van der Waals surface area contributed by atoms with Crippen LogP contribution in [0.4, 0.5) is 5.82 Å². The maximum Gasteiger partial charge on any atom is 0.313 e. The summed E-state index contributed by atoms with van der Waals surface area (Å²) in [5.74, 6) is -0.926. The molecule has 0 atom stereocenters. The van der Waals surface area contributed by atoms with Gasteiger partial charge in [0.05, 0.1) is 11.5 Å². The molecule has 5 nitrogen and oxygen atoms in total. The van der Waals surface area contributed by atoms with Gasteiger partial charge in [-0.25, -0.2) is 4.98 Å². The third kappa shape index (κ3) is 4.99. The van der Waals surface area contributed by atoms with E-state index in [2.05, 4.69) is 10.3 Å². The Bertz CT molecular complexity index is 400. The third-order valence-corrected chi connectivity index (χ3v) is 2.60. The number of hydrogen-bond donors (Lipinski definition) is 2. The molecule has 0 aliphatic carbocycles. The molecule has 0 spiro atoms. The number of nitrogens with one attached hydrogen (secondary N) is 1. The Hall–Kier alpha value is -1.27. The summed E-state index contributed by atoms with van der Waals surface area (Å²) in [7, 11) is 0. The second kappa shape index (κ2) is 6.34. The van der Waals surface area contributed by atoms with E-state index in [9.17, 15) is 9.59 Å². The van der Waals surface area contributed by atoms with Gasteiger partial charge in [0.25, 0.3) is 0 Å². The Labute approximate surface area is 101 Å². The van der Waals surface area contributed by atoms with Crippen LogP contribution in [-0.4, -0.2) is 33.5 Å². The highest BCUT2D eigenvalue weighted by Crippen LogP contribution is 2.12. The first-order valence-corrected chi connectivity index (χ1v) is 5.82. The molecular weight excluding hydrogens is 252 g/mol. The van der Waals surface area contributed by atoms with Crippen LogP contribution in [0.25, 0.3) is 0 Å². The van der Waals surface area contributed by atoms with Crippen molar-refractivity contribution in [3.8, 4) is 0 Å². The van der Waals surface area contributed by atoms with Gasteiger partial charge in [-0.2, -0.15) is 0 Å². The molecule has 0 fully saturated rings. The lowest BCUT2D eigenvalue weighted by molar-refractivity contribution is -0.133. The van der Waals surface area contributed by atoms with Gasteiger partial charge in [-0.3, -0.25) is 9.59 Å². The first-order chi connectivity index (χ1) is 7.58. The van der Waals surface area contributed by atoms with Gasteiger partial charge < -0.3 is 10.4 Å². The summed E-state index contributed by atoms with van der Waals surface area (Å²) in [4.78, 5) is 25.4. The fourth-order valence-electron chi connectivity index (χ4n) is 0.883. The Morgan fingerprint density at radius 1 is 1.50 bits per heavy atom. The van der Waals surface area contributed by atoms with Crippen molar-refractivity contribution >= 4 is 41.1 Å². The average molecular weight is 261 g/mol. The highest BCUT2D eigenvalue weighted by molar-refractivity contribution is 8.00. The quantitative estimate of drug-likeness (QED) is 0.839. The van der Waals surface area contributed by atoms with Crippen LogP contribution in [0, 0.1) is 0 Å². The molecule has 16 heavy (non-hydrogen) atoms. The molecule has 2 N–H and O–H groups in total. The van der Waals surface area contributed by atoms with Gasteiger partial charge in [0.1, 0.15) is 5.82 Å². The summed E-state index contributed by atoms with van der Waals surface area (Å²) < 4.78 is 0. The summed E-state index contributed by atoms with van der Waals surface area (Å²) in [6.45, 7) is 0. The summed E-state index contributed by atoms with van der Waals surface area (Å²) in [5.41, 5.74) is 0. The molecule has 1 rings (SSSR count). The molecule has 1 amide bonds. The predicted octanol–water partition coefficient (Wildman–Crippen LogP) is 1.49. The van der Waals surface area contributed by atoms with Gasteiger partial charge in [-0.05, 0) is 12.1 Å². The van der Waals surface area contributed by atoms with Gasteiger partial charge >= 0.3 is 5.97 Å². The van der Waals surface area contributed by atoms with Crippen LogP contribution in [0.3, 0.4) is 0 Å². The van der Waals surface area contributed by atoms with Crippen molar-refractivity contribution in [2.24, 2.45) is 0 Å².